The van der Waals surface area contributed by atoms with E-state index in [2.05, 4.69) is 26.5 Å². The molecule has 4 rings (SSSR count). The molecule has 1 amide bonds. The van der Waals surface area contributed by atoms with Crippen molar-refractivity contribution in [2.24, 2.45) is 0 Å². The van der Waals surface area contributed by atoms with Gasteiger partial charge in [0, 0.05) is 38.9 Å². The van der Waals surface area contributed by atoms with Crippen molar-refractivity contribution in [3.8, 4) is 11.5 Å². The third-order valence-corrected chi connectivity index (χ3v) is 4.91. The lowest BCUT2D eigenvalue weighted by Crippen LogP contribution is -2.34. The summed E-state index contributed by atoms with van der Waals surface area (Å²) in [6.07, 6.45) is 2.91. The van der Waals surface area contributed by atoms with E-state index in [1.807, 2.05) is 24.3 Å². The summed E-state index contributed by atoms with van der Waals surface area (Å²) >= 11 is 0. The lowest BCUT2D eigenvalue weighted by atomic mass is 10.2. The predicted octanol–water partition coefficient (Wildman–Crippen LogP) is 1.66. The molecular formula is C20H26N4O3. The molecule has 0 unspecified atom stereocenters. The average Bonchev–Trinajstić information content (AvgIpc) is 2.95. The monoisotopic (exact) mass is 370 g/mol. The van der Waals surface area contributed by atoms with Crippen molar-refractivity contribution in [3.05, 3.63) is 41.7 Å². The van der Waals surface area contributed by atoms with E-state index >= 15 is 0 Å². The van der Waals surface area contributed by atoms with Crippen molar-refractivity contribution < 1.29 is 14.3 Å². The van der Waals surface area contributed by atoms with Gasteiger partial charge >= 0.3 is 0 Å². The number of fused-ring (bicyclic) bond motifs is 2. The molecule has 2 aliphatic rings. The highest BCUT2D eigenvalue weighted by molar-refractivity contribution is 5.76. The zero-order chi connectivity index (χ0) is 18.5. The Morgan fingerprint density at radius 3 is 3.15 bits per heavy atom. The van der Waals surface area contributed by atoms with Gasteiger partial charge < -0.3 is 20.1 Å². The fourth-order valence-electron chi connectivity index (χ4n) is 3.45. The van der Waals surface area contributed by atoms with E-state index in [4.69, 9.17) is 9.47 Å². The number of hydrogen-bond acceptors (Lipinski definition) is 5. The van der Waals surface area contributed by atoms with E-state index in [-0.39, 0.29) is 12.0 Å². The van der Waals surface area contributed by atoms with Gasteiger partial charge in [0.2, 0.25) is 5.91 Å². The second-order valence-corrected chi connectivity index (χ2v) is 7.02. The van der Waals surface area contributed by atoms with Crippen LogP contribution >= 0.6 is 0 Å². The second kappa shape index (κ2) is 8.43. The summed E-state index contributed by atoms with van der Waals surface area (Å²) in [4.78, 5) is 12.1. The van der Waals surface area contributed by atoms with E-state index < -0.39 is 0 Å². The molecular weight excluding hydrogens is 344 g/mol. The number of ether oxygens (including phenoxy) is 2. The van der Waals surface area contributed by atoms with Crippen molar-refractivity contribution in [2.45, 2.75) is 44.9 Å². The van der Waals surface area contributed by atoms with Crippen LogP contribution in [0.3, 0.4) is 0 Å². The normalized spacial score (nSPS) is 18.4. The van der Waals surface area contributed by atoms with Crippen LogP contribution in [0.4, 0.5) is 0 Å². The van der Waals surface area contributed by atoms with Crippen LogP contribution in [0.25, 0.3) is 0 Å². The molecule has 1 aromatic carbocycles. The predicted molar refractivity (Wildman–Crippen MR) is 101 cm³/mol. The molecule has 0 fully saturated rings. The van der Waals surface area contributed by atoms with Gasteiger partial charge in [0.1, 0.15) is 12.7 Å². The highest BCUT2D eigenvalue weighted by atomic mass is 16.6. The maximum absolute atomic E-state index is 12.1. The highest BCUT2D eigenvalue weighted by Crippen LogP contribution is 2.31. The Balaban J connectivity index is 1.17. The first-order chi connectivity index (χ1) is 13.3. The molecule has 0 bridgehead atoms. The summed E-state index contributed by atoms with van der Waals surface area (Å²) in [7, 11) is 0. The van der Waals surface area contributed by atoms with E-state index in [0.717, 1.165) is 49.7 Å². The Morgan fingerprint density at radius 1 is 1.33 bits per heavy atom. The zero-order valence-corrected chi connectivity index (χ0v) is 15.4. The maximum atomic E-state index is 12.1. The number of benzene rings is 1. The van der Waals surface area contributed by atoms with Crippen molar-refractivity contribution in [2.75, 3.05) is 19.7 Å². The molecule has 7 heteroatoms. The molecule has 2 aromatic rings. The van der Waals surface area contributed by atoms with Crippen LogP contribution in [-0.2, 0) is 24.3 Å². The number of hydrogen-bond donors (Lipinski definition) is 2. The van der Waals surface area contributed by atoms with Gasteiger partial charge in [-0.1, -0.05) is 12.1 Å². The standard InChI is InChI=1S/C20H26N4O3/c25-20(7-6-15-12-16-13-21-9-3-11-24(16)23-15)22-10-8-17-14-26-18-4-1-2-5-19(18)27-17/h1-2,4-5,12,17,21H,3,6-11,13-14H2,(H,22,25)/t17-/m0/s1. The van der Waals surface area contributed by atoms with Crippen molar-refractivity contribution in [3.63, 3.8) is 0 Å². The lowest BCUT2D eigenvalue weighted by Gasteiger charge is -2.26. The minimum atomic E-state index is -0.0310. The molecule has 2 N–H and O–H groups in total. The number of amides is 1. The smallest absolute Gasteiger partial charge is 0.220 e. The third kappa shape index (κ3) is 4.60. The van der Waals surface area contributed by atoms with Crippen molar-refractivity contribution >= 4 is 5.91 Å². The molecule has 0 aliphatic carbocycles. The summed E-state index contributed by atoms with van der Waals surface area (Å²) in [6.45, 7) is 3.93. The number of aromatic nitrogens is 2. The van der Waals surface area contributed by atoms with Gasteiger partial charge in [-0.2, -0.15) is 5.10 Å². The number of rotatable bonds is 6. The average molecular weight is 370 g/mol. The van der Waals surface area contributed by atoms with Crippen LogP contribution in [0.1, 0.15) is 30.7 Å². The molecule has 1 aromatic heterocycles. The molecule has 27 heavy (non-hydrogen) atoms. The molecule has 3 heterocycles. The number of aryl methyl sites for hydroxylation is 2. The molecule has 7 nitrogen and oxygen atoms in total. The van der Waals surface area contributed by atoms with Gasteiger partial charge in [0.25, 0.3) is 0 Å². The minimum Gasteiger partial charge on any atom is -0.486 e. The van der Waals surface area contributed by atoms with Crippen molar-refractivity contribution in [1.82, 2.24) is 20.4 Å². The first-order valence-electron chi connectivity index (χ1n) is 9.69. The number of nitrogens with one attached hydrogen (secondary N) is 2. The summed E-state index contributed by atoms with van der Waals surface area (Å²) in [5, 5.41) is 11.0. The second-order valence-electron chi connectivity index (χ2n) is 7.02. The molecule has 2 aliphatic heterocycles. The fourth-order valence-corrected chi connectivity index (χ4v) is 3.45. The summed E-state index contributed by atoms with van der Waals surface area (Å²) in [6, 6.07) is 9.77. The summed E-state index contributed by atoms with van der Waals surface area (Å²) in [5.41, 5.74) is 2.20. The van der Waals surface area contributed by atoms with Crippen LogP contribution in [0.15, 0.2) is 30.3 Å². The zero-order valence-electron chi connectivity index (χ0n) is 15.4. The number of para-hydroxylation sites is 2. The van der Waals surface area contributed by atoms with Crippen LogP contribution in [-0.4, -0.2) is 41.5 Å². The Labute approximate surface area is 159 Å². The molecule has 144 valence electrons. The van der Waals surface area contributed by atoms with Crippen LogP contribution in [0, 0.1) is 0 Å². The Hall–Kier alpha value is -2.54. The highest BCUT2D eigenvalue weighted by Gasteiger charge is 2.20. The lowest BCUT2D eigenvalue weighted by molar-refractivity contribution is -0.121. The van der Waals surface area contributed by atoms with E-state index in [0.29, 0.717) is 26.0 Å². The van der Waals surface area contributed by atoms with Gasteiger partial charge in [-0.15, -0.1) is 0 Å². The summed E-state index contributed by atoms with van der Waals surface area (Å²) in [5.74, 6) is 1.61. The number of carbonyl (C=O) groups is 1. The van der Waals surface area contributed by atoms with Gasteiger partial charge in [-0.3, -0.25) is 9.48 Å². The number of nitrogens with zero attached hydrogens (tertiary/aromatic N) is 2. The van der Waals surface area contributed by atoms with Gasteiger partial charge in [0.15, 0.2) is 11.5 Å². The van der Waals surface area contributed by atoms with E-state index in [1.165, 1.54) is 5.69 Å². The van der Waals surface area contributed by atoms with Crippen molar-refractivity contribution in [1.29, 1.82) is 0 Å². The topological polar surface area (TPSA) is 77.4 Å². The molecule has 0 spiro atoms. The van der Waals surface area contributed by atoms with Crippen LogP contribution < -0.4 is 20.1 Å². The largest absolute Gasteiger partial charge is 0.486 e. The first kappa shape index (κ1) is 17.9. The van der Waals surface area contributed by atoms with Crippen LogP contribution in [0.2, 0.25) is 0 Å². The van der Waals surface area contributed by atoms with Gasteiger partial charge in [0.05, 0.1) is 11.4 Å². The molecule has 1 atom stereocenters. The van der Waals surface area contributed by atoms with Gasteiger partial charge in [-0.05, 0) is 31.2 Å². The van der Waals surface area contributed by atoms with Crippen LogP contribution in [0.5, 0.6) is 11.5 Å². The summed E-state index contributed by atoms with van der Waals surface area (Å²) < 4.78 is 13.7. The quantitative estimate of drug-likeness (QED) is 0.809. The van der Waals surface area contributed by atoms with E-state index in [9.17, 15) is 4.79 Å². The minimum absolute atomic E-state index is 0.0310. The maximum Gasteiger partial charge on any atom is 0.220 e. The first-order valence-corrected chi connectivity index (χ1v) is 9.69. The molecule has 0 saturated heterocycles. The Bertz CT molecular complexity index is 766. The number of carbonyl (C=O) groups excluding carboxylic acids is 1. The molecule has 0 radical (unpaired) electrons. The Kier molecular flexibility index (Phi) is 5.58. The molecule has 0 saturated carbocycles. The van der Waals surface area contributed by atoms with E-state index in [1.54, 1.807) is 0 Å². The Morgan fingerprint density at radius 2 is 2.22 bits per heavy atom. The third-order valence-electron chi connectivity index (χ3n) is 4.91. The van der Waals surface area contributed by atoms with Gasteiger partial charge in [-0.25, -0.2) is 0 Å². The SMILES string of the molecule is O=C(CCc1cc2n(n1)CCCNC2)NCC[C@H]1COc2ccccc2O1. The fraction of sp³-hybridized carbons (Fsp3) is 0.500.